The lowest BCUT2D eigenvalue weighted by atomic mass is 9.96. The number of H-pyrrole nitrogens is 1. The van der Waals surface area contributed by atoms with Crippen LogP contribution < -0.4 is 5.48 Å². The summed E-state index contributed by atoms with van der Waals surface area (Å²) >= 11 is 0. The van der Waals surface area contributed by atoms with Gasteiger partial charge in [-0.05, 0) is 5.56 Å². The van der Waals surface area contributed by atoms with Crippen molar-refractivity contribution in [2.75, 3.05) is 7.05 Å². The molecule has 3 aromatic rings. The van der Waals surface area contributed by atoms with E-state index in [4.69, 9.17) is 10.0 Å². The first-order valence-corrected chi connectivity index (χ1v) is 7.60. The molecule has 1 aliphatic carbocycles. The normalized spacial score (nSPS) is 13.7. The monoisotopic (exact) mass is 323 g/mol. The molecule has 0 radical (unpaired) electrons. The molecular weight excluding hydrogens is 302 g/mol. The number of aromatic amines is 1. The topological polar surface area (TPSA) is 78.0 Å². The van der Waals surface area contributed by atoms with Gasteiger partial charge >= 0.3 is 0 Å². The van der Waals surface area contributed by atoms with Gasteiger partial charge in [0.15, 0.2) is 0 Å². The number of carbonyl (C=O) groups is 1. The van der Waals surface area contributed by atoms with Gasteiger partial charge in [0.1, 0.15) is 6.79 Å². The van der Waals surface area contributed by atoms with Crippen LogP contribution in [-0.4, -0.2) is 29.2 Å². The van der Waals surface area contributed by atoms with Crippen LogP contribution in [0.2, 0.25) is 0 Å². The van der Waals surface area contributed by atoms with Crippen LogP contribution in [0.25, 0.3) is 22.5 Å². The number of rotatable bonds is 1. The van der Waals surface area contributed by atoms with Gasteiger partial charge in [0, 0.05) is 29.7 Å². The van der Waals surface area contributed by atoms with Crippen molar-refractivity contribution in [3.63, 3.8) is 0 Å². The van der Waals surface area contributed by atoms with Gasteiger partial charge in [-0.15, -0.1) is 0 Å². The number of hydrogen-bond donors (Lipinski definition) is 3. The Morgan fingerprint density at radius 1 is 1.08 bits per heavy atom. The van der Waals surface area contributed by atoms with Crippen molar-refractivity contribution in [1.29, 1.82) is 0 Å². The molecule has 1 aromatic heterocycles. The van der Waals surface area contributed by atoms with E-state index in [1.54, 1.807) is 5.48 Å². The minimum atomic E-state index is 0.403. The quantitative estimate of drug-likeness (QED) is 0.598. The number of hydroxylamine groups is 1. The Balaban J connectivity index is 0.000000378. The van der Waals surface area contributed by atoms with Gasteiger partial charge in [0.05, 0.1) is 11.4 Å². The van der Waals surface area contributed by atoms with Gasteiger partial charge in [0.25, 0.3) is 0 Å². The number of nitrogens with zero attached hydrogens (tertiary/aromatic N) is 1. The van der Waals surface area contributed by atoms with E-state index in [9.17, 15) is 0 Å². The lowest BCUT2D eigenvalue weighted by Gasteiger charge is -2.07. The molecule has 4 rings (SSSR count). The van der Waals surface area contributed by atoms with Crippen molar-refractivity contribution < 1.29 is 10.0 Å². The van der Waals surface area contributed by atoms with E-state index < -0.39 is 0 Å². The lowest BCUT2D eigenvalue weighted by molar-refractivity contribution is -0.0979. The molecular formula is C19H21N3O2. The van der Waals surface area contributed by atoms with Crippen LogP contribution in [0.3, 0.4) is 0 Å². The maximum atomic E-state index is 8.00. The fraction of sp³-hybridized carbons (Fsp3) is 0.158. The van der Waals surface area contributed by atoms with Crippen LogP contribution in [0.4, 0.5) is 0 Å². The number of benzene rings is 2. The number of carbonyl (C=O) groups excluding carboxylic acids is 1. The molecule has 0 saturated heterocycles. The highest BCUT2D eigenvalue weighted by Gasteiger charge is 2.30. The summed E-state index contributed by atoms with van der Waals surface area (Å²) in [4.78, 5) is 8.00. The van der Waals surface area contributed by atoms with E-state index in [1.807, 2.05) is 12.9 Å². The van der Waals surface area contributed by atoms with Crippen LogP contribution >= 0.6 is 0 Å². The molecule has 5 heteroatoms. The molecule has 1 heterocycles. The Hall–Kier alpha value is -2.76. The van der Waals surface area contributed by atoms with Gasteiger partial charge < -0.3 is 10.0 Å². The van der Waals surface area contributed by atoms with Gasteiger partial charge in [-0.2, -0.15) is 5.10 Å². The second-order valence-corrected chi connectivity index (χ2v) is 5.26. The maximum Gasteiger partial charge on any atom is 0.106 e. The number of hydrogen-bond acceptors (Lipinski definition) is 4. The molecule has 0 saturated carbocycles. The molecule has 24 heavy (non-hydrogen) atoms. The average molecular weight is 323 g/mol. The van der Waals surface area contributed by atoms with Crippen LogP contribution in [-0.2, 0) is 4.79 Å². The number of aromatic nitrogens is 2. The van der Waals surface area contributed by atoms with Crippen molar-refractivity contribution in [2.45, 2.75) is 12.8 Å². The standard InChI is InChI=1S/C17H14N2.CH5NO.CH2O/c1-11-13-9-5-6-10-14(13)17-15(11)16(18-19-17)12-7-3-2-4-8-12;1-2-3;1-2/h2-11H,1H3,(H,18,19);2-3H,1H3;1H2. The predicted molar refractivity (Wildman–Crippen MR) is 94.9 cm³/mol. The Morgan fingerprint density at radius 3 is 2.33 bits per heavy atom. The first kappa shape index (κ1) is 17.6. The van der Waals surface area contributed by atoms with E-state index in [-0.39, 0.29) is 0 Å². The maximum absolute atomic E-state index is 8.00. The van der Waals surface area contributed by atoms with Gasteiger partial charge in [-0.1, -0.05) is 61.5 Å². The Labute approximate surface area is 141 Å². The minimum absolute atomic E-state index is 0.403. The second-order valence-electron chi connectivity index (χ2n) is 5.26. The van der Waals surface area contributed by atoms with Gasteiger partial charge in [0.2, 0.25) is 0 Å². The summed E-state index contributed by atoms with van der Waals surface area (Å²) in [7, 11) is 1.43. The van der Waals surface area contributed by atoms with Crippen molar-refractivity contribution >= 4 is 6.79 Å². The molecule has 0 bridgehead atoms. The predicted octanol–water partition coefficient (Wildman–Crippen LogP) is 3.62. The van der Waals surface area contributed by atoms with E-state index in [1.165, 1.54) is 35.0 Å². The molecule has 0 spiro atoms. The molecule has 2 aromatic carbocycles. The van der Waals surface area contributed by atoms with Crippen LogP contribution in [0.1, 0.15) is 24.0 Å². The van der Waals surface area contributed by atoms with E-state index >= 15 is 0 Å². The van der Waals surface area contributed by atoms with Gasteiger partial charge in [-0.25, -0.2) is 5.48 Å². The van der Waals surface area contributed by atoms with Crippen LogP contribution in [0.5, 0.6) is 0 Å². The van der Waals surface area contributed by atoms with Crippen LogP contribution in [0.15, 0.2) is 54.6 Å². The fourth-order valence-corrected chi connectivity index (χ4v) is 3.05. The van der Waals surface area contributed by atoms with Gasteiger partial charge in [-0.3, -0.25) is 5.10 Å². The molecule has 3 N–H and O–H groups in total. The van der Waals surface area contributed by atoms with Crippen molar-refractivity contribution in [1.82, 2.24) is 15.7 Å². The van der Waals surface area contributed by atoms with Crippen molar-refractivity contribution in [3.05, 3.63) is 65.7 Å². The summed E-state index contributed by atoms with van der Waals surface area (Å²) in [5.41, 5.74) is 9.20. The smallest absolute Gasteiger partial charge is 0.106 e. The molecule has 0 aliphatic heterocycles. The Kier molecular flexibility index (Phi) is 6.01. The first-order chi connectivity index (χ1) is 11.8. The highest BCUT2D eigenvalue weighted by atomic mass is 16.5. The minimum Gasteiger partial charge on any atom is -0.317 e. The zero-order valence-electron chi connectivity index (χ0n) is 13.8. The Morgan fingerprint density at radius 2 is 1.67 bits per heavy atom. The number of fused-ring (bicyclic) bond motifs is 3. The summed E-state index contributed by atoms with van der Waals surface area (Å²) in [6.07, 6.45) is 0. The van der Waals surface area contributed by atoms with Crippen molar-refractivity contribution in [2.24, 2.45) is 0 Å². The second kappa shape index (κ2) is 8.19. The fourth-order valence-electron chi connectivity index (χ4n) is 3.05. The highest BCUT2D eigenvalue weighted by Crippen LogP contribution is 2.47. The highest BCUT2D eigenvalue weighted by molar-refractivity contribution is 5.82. The van der Waals surface area contributed by atoms with E-state index in [0.717, 1.165) is 5.69 Å². The van der Waals surface area contributed by atoms with E-state index in [2.05, 4.69) is 65.7 Å². The average Bonchev–Trinajstić information content (AvgIpc) is 3.19. The summed E-state index contributed by atoms with van der Waals surface area (Å²) in [5.74, 6) is 0.403. The molecule has 0 fully saturated rings. The van der Waals surface area contributed by atoms with Crippen molar-refractivity contribution in [3.8, 4) is 22.5 Å². The summed E-state index contributed by atoms with van der Waals surface area (Å²) in [6.45, 7) is 4.26. The zero-order chi connectivity index (χ0) is 17.5. The largest absolute Gasteiger partial charge is 0.317 e. The lowest BCUT2D eigenvalue weighted by Crippen LogP contribution is -1.92. The third-order valence-corrected chi connectivity index (χ3v) is 3.98. The zero-order valence-corrected chi connectivity index (χ0v) is 13.8. The molecule has 124 valence electrons. The molecule has 1 aliphatic rings. The molecule has 5 nitrogen and oxygen atoms in total. The summed E-state index contributed by atoms with van der Waals surface area (Å²) in [5, 5.41) is 15.1. The number of nitrogens with one attached hydrogen (secondary N) is 2. The summed E-state index contributed by atoms with van der Waals surface area (Å²) in [6, 6.07) is 19.0. The summed E-state index contributed by atoms with van der Waals surface area (Å²) < 4.78 is 0. The SMILES string of the molecule is C=O.CC1c2ccccc2-c2[nH]nc(-c3ccccc3)c21.CNO. The Bertz CT molecular complexity index is 784. The molecule has 0 amide bonds. The molecule has 1 atom stereocenters. The first-order valence-electron chi connectivity index (χ1n) is 7.60. The van der Waals surface area contributed by atoms with E-state index in [0.29, 0.717) is 5.92 Å². The molecule has 1 unspecified atom stereocenters. The third kappa shape index (κ3) is 3.13. The van der Waals surface area contributed by atoms with Crippen LogP contribution in [0, 0.1) is 0 Å². The third-order valence-electron chi connectivity index (χ3n) is 3.98.